The molecule has 2 rings (SSSR count). The topological polar surface area (TPSA) is 24.1 Å². The summed E-state index contributed by atoms with van der Waals surface area (Å²) < 4.78 is 0. The third-order valence-corrected chi connectivity index (χ3v) is 3.38. The van der Waals surface area contributed by atoms with Crippen molar-refractivity contribution < 1.29 is 0 Å². The molecule has 2 heteroatoms. The van der Waals surface area contributed by atoms with E-state index in [4.69, 9.17) is 0 Å². The fourth-order valence-corrected chi connectivity index (χ4v) is 2.02. The zero-order valence-corrected chi connectivity index (χ0v) is 8.03. The molecule has 2 aliphatic rings. The van der Waals surface area contributed by atoms with E-state index in [2.05, 4.69) is 17.6 Å². The molecule has 1 heterocycles. The second kappa shape index (κ2) is 3.35. The van der Waals surface area contributed by atoms with Crippen molar-refractivity contribution in [3.63, 3.8) is 0 Å². The first-order chi connectivity index (χ1) is 5.79. The monoisotopic (exact) mass is 168 g/mol. The highest BCUT2D eigenvalue weighted by Crippen LogP contribution is 2.25. The summed E-state index contributed by atoms with van der Waals surface area (Å²) in [6.45, 7) is 6.01. The van der Waals surface area contributed by atoms with Gasteiger partial charge in [-0.15, -0.1) is 0 Å². The van der Waals surface area contributed by atoms with E-state index >= 15 is 0 Å². The zero-order valence-electron chi connectivity index (χ0n) is 8.03. The Kier molecular flexibility index (Phi) is 2.37. The van der Waals surface area contributed by atoms with Gasteiger partial charge in [-0.3, -0.25) is 0 Å². The minimum Gasteiger partial charge on any atom is -0.316 e. The van der Waals surface area contributed by atoms with Gasteiger partial charge in [0.2, 0.25) is 0 Å². The first kappa shape index (κ1) is 8.52. The normalized spacial score (nSPS) is 36.8. The van der Waals surface area contributed by atoms with E-state index in [1.54, 1.807) is 0 Å². The maximum Gasteiger partial charge on any atom is 0.00673 e. The maximum absolute atomic E-state index is 3.66. The van der Waals surface area contributed by atoms with Crippen LogP contribution < -0.4 is 10.6 Å². The molecule has 0 aromatic rings. The second-order valence-corrected chi connectivity index (χ2v) is 4.75. The molecule has 1 aliphatic heterocycles. The molecule has 12 heavy (non-hydrogen) atoms. The SMILES string of the molecule is CC1(CNC2CCC2)CCNC1. The van der Waals surface area contributed by atoms with Crippen molar-refractivity contribution in [3.8, 4) is 0 Å². The zero-order chi connectivity index (χ0) is 8.44. The number of nitrogens with one attached hydrogen (secondary N) is 2. The standard InChI is InChI=1S/C10H20N2/c1-10(5-6-11-7-10)8-12-9-3-2-4-9/h9,11-12H,2-8H2,1H3. The fraction of sp³-hybridized carbons (Fsp3) is 1.00. The summed E-state index contributed by atoms with van der Waals surface area (Å²) >= 11 is 0. The molecule has 1 aliphatic carbocycles. The predicted molar refractivity (Wildman–Crippen MR) is 51.2 cm³/mol. The molecule has 0 amide bonds. The minimum atomic E-state index is 0.537. The third-order valence-electron chi connectivity index (χ3n) is 3.38. The van der Waals surface area contributed by atoms with Crippen molar-refractivity contribution in [1.29, 1.82) is 0 Å². The molecule has 70 valence electrons. The average Bonchev–Trinajstić information content (AvgIpc) is 2.33. The molecule has 2 N–H and O–H groups in total. The number of rotatable bonds is 3. The summed E-state index contributed by atoms with van der Waals surface area (Å²) in [5.41, 5.74) is 0.537. The molecule has 1 atom stereocenters. The second-order valence-electron chi connectivity index (χ2n) is 4.75. The molecule has 2 fully saturated rings. The molecule has 0 radical (unpaired) electrons. The van der Waals surface area contributed by atoms with Crippen molar-refractivity contribution in [2.24, 2.45) is 5.41 Å². The van der Waals surface area contributed by atoms with E-state index in [1.807, 2.05) is 0 Å². The van der Waals surface area contributed by atoms with E-state index in [0.717, 1.165) is 6.04 Å². The van der Waals surface area contributed by atoms with Gasteiger partial charge in [0.05, 0.1) is 0 Å². The van der Waals surface area contributed by atoms with E-state index in [0.29, 0.717) is 5.41 Å². The van der Waals surface area contributed by atoms with Crippen LogP contribution in [0.3, 0.4) is 0 Å². The summed E-state index contributed by atoms with van der Waals surface area (Å²) in [5, 5.41) is 7.09. The molecule has 1 saturated carbocycles. The Labute approximate surface area is 75.1 Å². The fourth-order valence-electron chi connectivity index (χ4n) is 2.02. The van der Waals surface area contributed by atoms with Crippen LogP contribution in [0.25, 0.3) is 0 Å². The van der Waals surface area contributed by atoms with Crippen molar-refractivity contribution in [2.45, 2.75) is 38.6 Å². The lowest BCUT2D eigenvalue weighted by Gasteiger charge is -2.31. The van der Waals surface area contributed by atoms with Crippen LogP contribution in [0, 0.1) is 5.41 Å². The van der Waals surface area contributed by atoms with E-state index in [-0.39, 0.29) is 0 Å². The smallest absolute Gasteiger partial charge is 0.00673 e. The predicted octanol–water partition coefficient (Wildman–Crippen LogP) is 1.13. The van der Waals surface area contributed by atoms with Crippen molar-refractivity contribution >= 4 is 0 Å². The van der Waals surface area contributed by atoms with Gasteiger partial charge < -0.3 is 10.6 Å². The summed E-state index contributed by atoms with van der Waals surface area (Å²) in [6.07, 6.45) is 5.59. The Morgan fingerprint density at radius 3 is 2.83 bits per heavy atom. The van der Waals surface area contributed by atoms with Crippen LogP contribution in [-0.2, 0) is 0 Å². The van der Waals surface area contributed by atoms with Gasteiger partial charge in [-0.25, -0.2) is 0 Å². The van der Waals surface area contributed by atoms with E-state index in [9.17, 15) is 0 Å². The van der Waals surface area contributed by atoms with Gasteiger partial charge in [0.15, 0.2) is 0 Å². The number of hydrogen-bond acceptors (Lipinski definition) is 2. The van der Waals surface area contributed by atoms with Gasteiger partial charge in [0.25, 0.3) is 0 Å². The lowest BCUT2D eigenvalue weighted by atomic mass is 9.87. The largest absolute Gasteiger partial charge is 0.316 e. The molecule has 2 nitrogen and oxygen atoms in total. The van der Waals surface area contributed by atoms with Gasteiger partial charge in [-0.2, -0.15) is 0 Å². The van der Waals surface area contributed by atoms with Crippen molar-refractivity contribution in [1.82, 2.24) is 10.6 Å². The molecule has 0 bridgehead atoms. The number of hydrogen-bond donors (Lipinski definition) is 2. The van der Waals surface area contributed by atoms with E-state index < -0.39 is 0 Å². The lowest BCUT2D eigenvalue weighted by molar-refractivity contribution is 0.267. The first-order valence-corrected chi connectivity index (χ1v) is 5.23. The van der Waals surface area contributed by atoms with Gasteiger partial charge >= 0.3 is 0 Å². The Morgan fingerprint density at radius 1 is 1.50 bits per heavy atom. The van der Waals surface area contributed by atoms with Crippen LogP contribution in [0.2, 0.25) is 0 Å². The molecule has 0 spiro atoms. The van der Waals surface area contributed by atoms with Gasteiger partial charge in [-0.1, -0.05) is 13.3 Å². The summed E-state index contributed by atoms with van der Waals surface area (Å²) in [5.74, 6) is 0. The van der Waals surface area contributed by atoms with Crippen molar-refractivity contribution in [2.75, 3.05) is 19.6 Å². The molecule has 1 saturated heterocycles. The van der Waals surface area contributed by atoms with Gasteiger partial charge in [-0.05, 0) is 31.2 Å². The first-order valence-electron chi connectivity index (χ1n) is 5.23. The van der Waals surface area contributed by atoms with Crippen LogP contribution in [0.5, 0.6) is 0 Å². The Morgan fingerprint density at radius 2 is 2.33 bits per heavy atom. The highest BCUT2D eigenvalue weighted by molar-refractivity contribution is 4.88. The molecular weight excluding hydrogens is 148 g/mol. The maximum atomic E-state index is 3.66. The molecule has 0 aromatic carbocycles. The molecule has 0 aromatic heterocycles. The Bertz CT molecular complexity index is 146. The minimum absolute atomic E-state index is 0.537. The lowest BCUT2D eigenvalue weighted by Crippen LogP contribution is -2.42. The van der Waals surface area contributed by atoms with Gasteiger partial charge in [0, 0.05) is 19.1 Å². The van der Waals surface area contributed by atoms with Crippen LogP contribution in [0.15, 0.2) is 0 Å². The van der Waals surface area contributed by atoms with Crippen LogP contribution in [0.4, 0.5) is 0 Å². The van der Waals surface area contributed by atoms with Crippen LogP contribution in [-0.4, -0.2) is 25.7 Å². The summed E-state index contributed by atoms with van der Waals surface area (Å²) in [7, 11) is 0. The van der Waals surface area contributed by atoms with Gasteiger partial charge in [0.1, 0.15) is 0 Å². The molecule has 1 unspecified atom stereocenters. The highest BCUT2D eigenvalue weighted by atomic mass is 15.0. The highest BCUT2D eigenvalue weighted by Gasteiger charge is 2.29. The third kappa shape index (κ3) is 1.80. The van der Waals surface area contributed by atoms with E-state index in [1.165, 1.54) is 45.3 Å². The quantitative estimate of drug-likeness (QED) is 0.660. The van der Waals surface area contributed by atoms with Crippen molar-refractivity contribution in [3.05, 3.63) is 0 Å². The van der Waals surface area contributed by atoms with Crippen LogP contribution in [0.1, 0.15) is 32.6 Å². The Hall–Kier alpha value is -0.0800. The Balaban J connectivity index is 1.70. The molecular formula is C10H20N2. The van der Waals surface area contributed by atoms with Crippen LogP contribution >= 0.6 is 0 Å². The summed E-state index contributed by atoms with van der Waals surface area (Å²) in [6, 6.07) is 0.849. The summed E-state index contributed by atoms with van der Waals surface area (Å²) in [4.78, 5) is 0. The average molecular weight is 168 g/mol.